The molecule has 2 aromatic rings. The van der Waals surface area contributed by atoms with Crippen molar-refractivity contribution >= 4 is 5.69 Å². The van der Waals surface area contributed by atoms with Crippen LogP contribution in [0.5, 0.6) is 11.5 Å². The lowest BCUT2D eigenvalue weighted by Gasteiger charge is -2.12. The summed E-state index contributed by atoms with van der Waals surface area (Å²) in [5.41, 5.74) is 7.04. The third-order valence-electron chi connectivity index (χ3n) is 2.65. The first-order valence-corrected chi connectivity index (χ1v) is 5.54. The van der Waals surface area contributed by atoms with Crippen molar-refractivity contribution < 1.29 is 14.2 Å². The molecular weight excluding hydrogens is 233 g/mol. The maximum Gasteiger partial charge on any atom is 0.150 e. The van der Waals surface area contributed by atoms with E-state index in [9.17, 15) is 9.50 Å². The third-order valence-corrected chi connectivity index (χ3v) is 2.65. The van der Waals surface area contributed by atoms with E-state index in [-0.39, 0.29) is 18.1 Å². The molecule has 3 nitrogen and oxygen atoms in total. The van der Waals surface area contributed by atoms with Crippen LogP contribution in [0.2, 0.25) is 0 Å². The summed E-state index contributed by atoms with van der Waals surface area (Å²) in [7, 11) is 0. The van der Waals surface area contributed by atoms with Gasteiger partial charge in [-0.2, -0.15) is 0 Å². The molecular formula is C14H14FNO2. The molecule has 0 bridgehead atoms. The van der Waals surface area contributed by atoms with E-state index < -0.39 is 0 Å². The maximum atomic E-state index is 13.3. The number of aliphatic hydroxyl groups excluding tert-OH is 1. The number of nitrogens with two attached hydrogens (primary N) is 1. The van der Waals surface area contributed by atoms with E-state index in [1.165, 1.54) is 6.07 Å². The van der Waals surface area contributed by atoms with Crippen LogP contribution in [0.1, 0.15) is 11.1 Å². The Balaban J connectivity index is 2.37. The highest BCUT2D eigenvalue weighted by atomic mass is 19.1. The fourth-order valence-corrected chi connectivity index (χ4v) is 1.61. The van der Waals surface area contributed by atoms with Crippen molar-refractivity contribution in [2.75, 3.05) is 5.73 Å². The van der Waals surface area contributed by atoms with Crippen LogP contribution in [0.4, 0.5) is 10.1 Å². The van der Waals surface area contributed by atoms with Crippen molar-refractivity contribution in [2.45, 2.75) is 13.5 Å². The maximum absolute atomic E-state index is 13.3. The van der Waals surface area contributed by atoms with E-state index in [4.69, 9.17) is 10.5 Å². The van der Waals surface area contributed by atoms with Crippen LogP contribution in [0.3, 0.4) is 0 Å². The predicted octanol–water partition coefficient (Wildman–Crippen LogP) is 3.00. The SMILES string of the molecule is Cc1cc(Oc2ccccc2CO)c(N)cc1F. The summed E-state index contributed by atoms with van der Waals surface area (Å²) in [6.45, 7) is 1.51. The second-order valence-corrected chi connectivity index (χ2v) is 4.01. The molecule has 2 rings (SSSR count). The standard InChI is InChI=1S/C14H14FNO2/c1-9-6-14(12(16)7-11(9)15)18-13-5-3-2-4-10(13)8-17/h2-7,17H,8,16H2,1H3. The van der Waals surface area contributed by atoms with Crippen LogP contribution < -0.4 is 10.5 Å². The first-order chi connectivity index (χ1) is 8.61. The smallest absolute Gasteiger partial charge is 0.150 e. The lowest BCUT2D eigenvalue weighted by Crippen LogP contribution is -1.97. The van der Waals surface area contributed by atoms with Gasteiger partial charge < -0.3 is 15.6 Å². The first kappa shape index (κ1) is 12.4. The van der Waals surface area contributed by atoms with Gasteiger partial charge in [0, 0.05) is 11.6 Å². The highest BCUT2D eigenvalue weighted by molar-refractivity contribution is 5.56. The van der Waals surface area contributed by atoms with Gasteiger partial charge in [-0.3, -0.25) is 0 Å². The molecule has 0 unspecified atom stereocenters. The Morgan fingerprint density at radius 1 is 1.22 bits per heavy atom. The number of hydrogen-bond acceptors (Lipinski definition) is 3. The Morgan fingerprint density at radius 2 is 1.94 bits per heavy atom. The van der Waals surface area contributed by atoms with Crippen LogP contribution in [0.15, 0.2) is 36.4 Å². The molecule has 0 amide bonds. The second kappa shape index (κ2) is 5.06. The minimum Gasteiger partial charge on any atom is -0.455 e. The Kier molecular flexibility index (Phi) is 3.48. The summed E-state index contributed by atoms with van der Waals surface area (Å²) < 4.78 is 18.9. The van der Waals surface area contributed by atoms with E-state index in [1.807, 2.05) is 0 Å². The molecule has 18 heavy (non-hydrogen) atoms. The van der Waals surface area contributed by atoms with E-state index in [2.05, 4.69) is 0 Å². The fraction of sp³-hybridized carbons (Fsp3) is 0.143. The number of aliphatic hydroxyl groups is 1. The van der Waals surface area contributed by atoms with Gasteiger partial charge in [-0.1, -0.05) is 18.2 Å². The summed E-state index contributed by atoms with van der Waals surface area (Å²) in [4.78, 5) is 0. The molecule has 0 aliphatic carbocycles. The van der Waals surface area contributed by atoms with Gasteiger partial charge in [0.05, 0.1) is 12.3 Å². The molecule has 0 spiro atoms. The van der Waals surface area contributed by atoms with Crippen molar-refractivity contribution in [1.82, 2.24) is 0 Å². The molecule has 0 atom stereocenters. The number of anilines is 1. The number of aryl methyl sites for hydroxylation is 1. The lowest BCUT2D eigenvalue weighted by molar-refractivity contribution is 0.276. The summed E-state index contributed by atoms with van der Waals surface area (Å²) in [5.74, 6) is 0.530. The molecule has 0 radical (unpaired) electrons. The number of rotatable bonds is 3. The molecule has 4 heteroatoms. The van der Waals surface area contributed by atoms with Gasteiger partial charge in [0.2, 0.25) is 0 Å². The van der Waals surface area contributed by atoms with Crippen molar-refractivity contribution in [1.29, 1.82) is 0 Å². The first-order valence-electron chi connectivity index (χ1n) is 5.54. The number of halogens is 1. The van der Waals surface area contributed by atoms with Gasteiger partial charge in [0.25, 0.3) is 0 Å². The fourth-order valence-electron chi connectivity index (χ4n) is 1.61. The number of para-hydroxylation sites is 1. The van der Waals surface area contributed by atoms with E-state index in [0.29, 0.717) is 22.6 Å². The number of nitrogen functional groups attached to an aromatic ring is 1. The average molecular weight is 247 g/mol. The van der Waals surface area contributed by atoms with Gasteiger partial charge >= 0.3 is 0 Å². The molecule has 0 saturated carbocycles. The minimum absolute atomic E-state index is 0.129. The van der Waals surface area contributed by atoms with Crippen LogP contribution in [0.25, 0.3) is 0 Å². The molecule has 2 aromatic carbocycles. The summed E-state index contributed by atoms with van der Waals surface area (Å²) in [6.07, 6.45) is 0. The molecule has 0 aliphatic rings. The second-order valence-electron chi connectivity index (χ2n) is 4.01. The van der Waals surface area contributed by atoms with E-state index in [1.54, 1.807) is 37.3 Å². The normalized spacial score (nSPS) is 10.4. The topological polar surface area (TPSA) is 55.5 Å². The van der Waals surface area contributed by atoms with E-state index in [0.717, 1.165) is 0 Å². The van der Waals surface area contributed by atoms with Gasteiger partial charge in [-0.15, -0.1) is 0 Å². The largest absolute Gasteiger partial charge is 0.455 e. The summed E-state index contributed by atoms with van der Waals surface area (Å²) in [5, 5.41) is 9.19. The van der Waals surface area contributed by atoms with Gasteiger partial charge in [-0.25, -0.2) is 4.39 Å². The van der Waals surface area contributed by atoms with Crippen molar-refractivity contribution in [2.24, 2.45) is 0 Å². The number of hydrogen-bond donors (Lipinski definition) is 2. The van der Waals surface area contributed by atoms with Crippen LogP contribution >= 0.6 is 0 Å². The lowest BCUT2D eigenvalue weighted by atomic mass is 10.2. The quantitative estimate of drug-likeness (QED) is 0.820. The van der Waals surface area contributed by atoms with Crippen molar-refractivity contribution in [3.8, 4) is 11.5 Å². The molecule has 0 fully saturated rings. The molecule has 0 saturated heterocycles. The van der Waals surface area contributed by atoms with Crippen molar-refractivity contribution in [3.63, 3.8) is 0 Å². The highest BCUT2D eigenvalue weighted by Crippen LogP contribution is 2.31. The van der Waals surface area contributed by atoms with Crippen LogP contribution in [-0.2, 0) is 6.61 Å². The number of benzene rings is 2. The molecule has 0 heterocycles. The average Bonchev–Trinajstić information content (AvgIpc) is 2.36. The van der Waals surface area contributed by atoms with Gasteiger partial charge in [0.15, 0.2) is 5.75 Å². The Morgan fingerprint density at radius 3 is 2.67 bits per heavy atom. The zero-order chi connectivity index (χ0) is 13.1. The molecule has 3 N–H and O–H groups in total. The Labute approximate surface area is 105 Å². The zero-order valence-corrected chi connectivity index (χ0v) is 9.98. The van der Waals surface area contributed by atoms with Crippen LogP contribution in [0, 0.1) is 12.7 Å². The molecule has 0 aromatic heterocycles. The Hall–Kier alpha value is -2.07. The zero-order valence-electron chi connectivity index (χ0n) is 9.98. The minimum atomic E-state index is -0.365. The van der Waals surface area contributed by atoms with Crippen molar-refractivity contribution in [3.05, 3.63) is 53.3 Å². The molecule has 94 valence electrons. The summed E-state index contributed by atoms with van der Waals surface area (Å²) in [6, 6.07) is 9.84. The third kappa shape index (κ3) is 2.43. The summed E-state index contributed by atoms with van der Waals surface area (Å²) >= 11 is 0. The number of ether oxygens (including phenoxy) is 1. The highest BCUT2D eigenvalue weighted by Gasteiger charge is 2.09. The van der Waals surface area contributed by atoms with Gasteiger partial charge in [0.1, 0.15) is 11.6 Å². The molecule has 0 aliphatic heterocycles. The van der Waals surface area contributed by atoms with E-state index >= 15 is 0 Å². The van der Waals surface area contributed by atoms with Gasteiger partial charge in [-0.05, 0) is 24.6 Å². The van der Waals surface area contributed by atoms with Crippen LogP contribution in [-0.4, -0.2) is 5.11 Å². The predicted molar refractivity (Wildman–Crippen MR) is 68.0 cm³/mol. The Bertz CT molecular complexity index is 570. The monoisotopic (exact) mass is 247 g/mol.